The van der Waals surface area contributed by atoms with Crippen LogP contribution in [0.15, 0.2) is 27.7 Å². The number of aromatic nitrogens is 2. The van der Waals surface area contributed by atoms with Gasteiger partial charge >= 0.3 is 0 Å². The van der Waals surface area contributed by atoms with E-state index < -0.39 is 15.9 Å². The van der Waals surface area contributed by atoms with E-state index in [9.17, 15) is 13.2 Å². The molecular weight excluding hydrogens is 398 g/mol. The number of sulfonamides is 1. The molecule has 1 aromatic heterocycles. The summed E-state index contributed by atoms with van der Waals surface area (Å²) in [5.74, 6) is -0.149. The van der Waals surface area contributed by atoms with Crippen LogP contribution in [0.2, 0.25) is 5.02 Å². The summed E-state index contributed by atoms with van der Waals surface area (Å²) in [6, 6.07) is 4.30. The number of hydrogen-bond acceptors (Lipinski definition) is 8. The molecule has 2 heterocycles. The lowest BCUT2D eigenvalue weighted by atomic mass is 10.3. The fourth-order valence-electron chi connectivity index (χ4n) is 2.79. The molecule has 146 valence electrons. The van der Waals surface area contributed by atoms with Crippen LogP contribution in [-0.4, -0.2) is 67.1 Å². The van der Waals surface area contributed by atoms with Crippen LogP contribution >= 0.6 is 11.6 Å². The van der Waals surface area contributed by atoms with Crippen LogP contribution < -0.4 is 10.5 Å². The number of anilines is 1. The minimum atomic E-state index is -3.76. The number of nitrogens with two attached hydrogens (primary N) is 1. The van der Waals surface area contributed by atoms with Crippen LogP contribution in [0.4, 0.5) is 5.82 Å². The van der Waals surface area contributed by atoms with Gasteiger partial charge in [0.15, 0.2) is 0 Å². The summed E-state index contributed by atoms with van der Waals surface area (Å²) >= 11 is 6.05. The molecule has 1 saturated heterocycles. The Bertz CT molecular complexity index is 948. The second-order valence-electron chi connectivity index (χ2n) is 5.84. The van der Waals surface area contributed by atoms with Gasteiger partial charge in [-0.3, -0.25) is 4.79 Å². The first-order valence-electron chi connectivity index (χ1n) is 8.05. The van der Waals surface area contributed by atoms with Gasteiger partial charge in [-0.2, -0.15) is 4.31 Å². The summed E-state index contributed by atoms with van der Waals surface area (Å²) in [5, 5.41) is 7.10. The number of carbonyl (C=O) groups excluding carboxylic acids is 1. The van der Waals surface area contributed by atoms with Crippen molar-refractivity contribution in [3.63, 3.8) is 0 Å². The number of hydrogen-bond donors (Lipinski definition) is 1. The molecule has 12 heteroatoms. The van der Waals surface area contributed by atoms with E-state index in [0.717, 1.165) is 0 Å². The van der Waals surface area contributed by atoms with Gasteiger partial charge in [-0.25, -0.2) is 13.0 Å². The zero-order chi connectivity index (χ0) is 19.6. The molecule has 1 aliphatic rings. The third kappa shape index (κ3) is 3.84. The number of benzene rings is 1. The Labute approximate surface area is 160 Å². The maximum atomic E-state index is 12.9. The Morgan fingerprint density at radius 1 is 1.26 bits per heavy atom. The molecule has 1 aromatic carbocycles. The first kappa shape index (κ1) is 19.4. The molecule has 10 nitrogen and oxygen atoms in total. The van der Waals surface area contributed by atoms with Crippen LogP contribution in [0.3, 0.4) is 0 Å². The largest absolute Gasteiger partial charge is 0.495 e. The zero-order valence-electron chi connectivity index (χ0n) is 14.5. The lowest BCUT2D eigenvalue weighted by molar-refractivity contribution is 0.0754. The number of halogens is 1. The molecule has 0 aliphatic carbocycles. The first-order chi connectivity index (χ1) is 12.8. The Balaban J connectivity index is 1.76. The molecule has 2 aromatic rings. The van der Waals surface area contributed by atoms with E-state index in [2.05, 4.69) is 14.9 Å². The first-order valence-corrected chi connectivity index (χ1v) is 9.87. The van der Waals surface area contributed by atoms with Crippen LogP contribution in [0.1, 0.15) is 16.9 Å². The highest BCUT2D eigenvalue weighted by Crippen LogP contribution is 2.28. The number of ether oxygens (including phenoxy) is 1. The highest BCUT2D eigenvalue weighted by atomic mass is 35.5. The van der Waals surface area contributed by atoms with Crippen LogP contribution in [0.25, 0.3) is 0 Å². The molecule has 0 unspecified atom stereocenters. The number of amides is 1. The summed E-state index contributed by atoms with van der Waals surface area (Å²) in [6.45, 7) is 0.944. The van der Waals surface area contributed by atoms with E-state index in [4.69, 9.17) is 22.1 Å². The lowest BCUT2D eigenvalue weighted by Crippen LogP contribution is -2.37. The summed E-state index contributed by atoms with van der Waals surface area (Å²) in [7, 11) is -2.31. The maximum Gasteiger partial charge on any atom is 0.280 e. The topological polar surface area (TPSA) is 132 Å². The molecule has 0 radical (unpaired) electrons. The van der Waals surface area contributed by atoms with E-state index >= 15 is 0 Å². The summed E-state index contributed by atoms with van der Waals surface area (Å²) in [6.07, 6.45) is 0.458. The molecule has 0 atom stereocenters. The fourth-order valence-corrected chi connectivity index (χ4v) is 4.61. The van der Waals surface area contributed by atoms with Gasteiger partial charge in [0.2, 0.25) is 21.5 Å². The average molecular weight is 416 g/mol. The van der Waals surface area contributed by atoms with Gasteiger partial charge in [-0.1, -0.05) is 11.6 Å². The normalized spacial score (nSPS) is 16.1. The van der Waals surface area contributed by atoms with Crippen LogP contribution in [0.5, 0.6) is 5.75 Å². The summed E-state index contributed by atoms with van der Waals surface area (Å²) < 4.78 is 36.7. The fraction of sp³-hybridized carbons (Fsp3) is 0.400. The second kappa shape index (κ2) is 7.71. The number of rotatable bonds is 4. The summed E-state index contributed by atoms with van der Waals surface area (Å²) in [4.78, 5) is 14.0. The number of nitrogen functional groups attached to an aromatic ring is 1. The monoisotopic (exact) mass is 415 g/mol. The standard InChI is InChI=1S/C15H18ClN5O5S/c1-25-12-4-3-10(9-11(12)16)27(23,24)21-6-2-5-20(7-8-21)15(22)13-14(17)19-26-18-13/h3-4,9H,2,5-8H2,1H3,(H2,17,19). The van der Waals surface area contributed by atoms with Gasteiger partial charge < -0.3 is 15.4 Å². The minimum Gasteiger partial charge on any atom is -0.495 e. The third-order valence-corrected chi connectivity index (χ3v) is 6.41. The average Bonchev–Trinajstić information content (AvgIpc) is 2.92. The van der Waals surface area contributed by atoms with Crippen molar-refractivity contribution >= 4 is 33.3 Å². The number of carbonyl (C=O) groups is 1. The molecule has 27 heavy (non-hydrogen) atoms. The van der Waals surface area contributed by atoms with Crippen LogP contribution in [-0.2, 0) is 10.0 Å². The highest BCUT2D eigenvalue weighted by Gasteiger charge is 2.30. The summed E-state index contributed by atoms with van der Waals surface area (Å²) in [5.41, 5.74) is 5.48. The Hall–Kier alpha value is -2.37. The molecule has 2 N–H and O–H groups in total. The van der Waals surface area contributed by atoms with Crippen molar-refractivity contribution in [2.75, 3.05) is 39.0 Å². The Morgan fingerprint density at radius 2 is 2.04 bits per heavy atom. The van der Waals surface area contributed by atoms with E-state index in [1.807, 2.05) is 0 Å². The lowest BCUT2D eigenvalue weighted by Gasteiger charge is -2.21. The second-order valence-corrected chi connectivity index (χ2v) is 8.19. The molecule has 1 aliphatic heterocycles. The Kier molecular flexibility index (Phi) is 5.53. The molecule has 1 amide bonds. The van der Waals surface area contributed by atoms with E-state index in [-0.39, 0.29) is 41.1 Å². The predicted octanol–water partition coefficient (Wildman–Crippen LogP) is 0.851. The SMILES string of the molecule is COc1ccc(S(=O)(=O)N2CCCN(C(=O)c3nonc3N)CC2)cc1Cl. The predicted molar refractivity (Wildman–Crippen MR) is 96.0 cm³/mol. The highest BCUT2D eigenvalue weighted by molar-refractivity contribution is 7.89. The van der Waals surface area contributed by atoms with Gasteiger partial charge in [-0.15, -0.1) is 0 Å². The van der Waals surface area contributed by atoms with Crippen molar-refractivity contribution in [1.82, 2.24) is 19.5 Å². The van der Waals surface area contributed by atoms with Gasteiger partial charge in [0.25, 0.3) is 5.91 Å². The van der Waals surface area contributed by atoms with Gasteiger partial charge in [0.1, 0.15) is 5.75 Å². The molecule has 3 rings (SSSR count). The molecule has 0 saturated carbocycles. The van der Waals surface area contributed by atoms with E-state index in [1.54, 1.807) is 0 Å². The molecule has 0 spiro atoms. The maximum absolute atomic E-state index is 12.9. The van der Waals surface area contributed by atoms with Crippen LogP contribution in [0, 0.1) is 0 Å². The minimum absolute atomic E-state index is 0.0676. The van der Waals surface area contributed by atoms with E-state index in [0.29, 0.717) is 18.7 Å². The van der Waals surface area contributed by atoms with Crippen molar-refractivity contribution in [1.29, 1.82) is 0 Å². The van der Waals surface area contributed by atoms with Crippen molar-refractivity contribution in [3.05, 3.63) is 28.9 Å². The smallest absolute Gasteiger partial charge is 0.280 e. The number of nitrogens with zero attached hydrogens (tertiary/aromatic N) is 4. The Morgan fingerprint density at radius 3 is 2.67 bits per heavy atom. The van der Waals surface area contributed by atoms with Crippen molar-refractivity contribution in [2.24, 2.45) is 0 Å². The van der Waals surface area contributed by atoms with Crippen molar-refractivity contribution in [2.45, 2.75) is 11.3 Å². The van der Waals surface area contributed by atoms with E-state index in [1.165, 1.54) is 34.5 Å². The molecule has 0 bridgehead atoms. The van der Waals surface area contributed by atoms with Gasteiger partial charge in [-0.05, 0) is 34.9 Å². The van der Waals surface area contributed by atoms with Crippen molar-refractivity contribution < 1.29 is 22.6 Å². The molecule has 1 fully saturated rings. The number of methoxy groups -OCH3 is 1. The molecular formula is C15H18ClN5O5S. The van der Waals surface area contributed by atoms with Gasteiger partial charge in [0.05, 0.1) is 17.0 Å². The zero-order valence-corrected chi connectivity index (χ0v) is 16.0. The quantitative estimate of drug-likeness (QED) is 0.777. The van der Waals surface area contributed by atoms with Gasteiger partial charge in [0, 0.05) is 26.2 Å². The third-order valence-electron chi connectivity index (χ3n) is 4.22. The van der Waals surface area contributed by atoms with Crippen molar-refractivity contribution in [3.8, 4) is 5.75 Å².